The maximum absolute atomic E-state index is 13.2. The molecule has 1 aromatic heterocycles. The molecule has 2 N–H and O–H groups in total. The van der Waals surface area contributed by atoms with Crippen molar-refractivity contribution in [2.24, 2.45) is 0 Å². The molecule has 0 spiro atoms. The fourth-order valence-electron chi connectivity index (χ4n) is 0.952. The number of nitrogens with zero attached hydrogens (tertiary/aromatic N) is 2. The van der Waals surface area contributed by atoms with Crippen LogP contribution in [0, 0.1) is 11.3 Å². The largest absolute Gasteiger partial charge is 0.460 e. The second-order valence-electron chi connectivity index (χ2n) is 3.03. The molecular weight excluding hydrogens is 291 g/mol. The first-order valence-corrected chi connectivity index (χ1v) is 4.72. The van der Waals surface area contributed by atoms with Gasteiger partial charge in [0.1, 0.15) is 22.3 Å². The van der Waals surface area contributed by atoms with E-state index < -0.39 is 34.3 Å². The predicted molar refractivity (Wildman–Crippen MR) is 46.1 cm³/mol. The molecule has 100 valence electrons. The van der Waals surface area contributed by atoms with Crippen molar-refractivity contribution in [3.8, 4) is 6.07 Å². The van der Waals surface area contributed by atoms with Crippen molar-refractivity contribution in [3.63, 3.8) is 0 Å². The number of hydrogen-bond acceptors (Lipinski definition) is 4. The van der Waals surface area contributed by atoms with E-state index in [1.54, 1.807) is 0 Å². The summed E-state index contributed by atoms with van der Waals surface area (Å²) in [7, 11) is 0. The molecule has 1 rings (SSSR count). The molecule has 18 heavy (non-hydrogen) atoms. The Morgan fingerprint density at radius 1 is 1.11 bits per heavy atom. The van der Waals surface area contributed by atoms with Gasteiger partial charge in [0, 0.05) is 0 Å². The topological polar surface area (TPSA) is 62.7 Å². The molecule has 0 atom stereocenters. The molecule has 1 aromatic rings. The Morgan fingerprint density at radius 2 is 1.61 bits per heavy atom. The summed E-state index contributed by atoms with van der Waals surface area (Å²) in [6, 6.07) is 1.02. The number of nitriles is 1. The second kappa shape index (κ2) is 3.98. The highest BCUT2D eigenvalue weighted by Gasteiger charge is 2.75. The van der Waals surface area contributed by atoms with Gasteiger partial charge in [0.2, 0.25) is 0 Å². The highest BCUT2D eigenvalue weighted by atomic mass is 32.1. The van der Waals surface area contributed by atoms with E-state index in [2.05, 4.69) is 4.37 Å². The van der Waals surface area contributed by atoms with Crippen LogP contribution in [0.15, 0.2) is 0 Å². The quantitative estimate of drug-likeness (QED) is 0.853. The van der Waals surface area contributed by atoms with Crippen LogP contribution in [0.5, 0.6) is 0 Å². The summed E-state index contributed by atoms with van der Waals surface area (Å²) in [5.41, 5.74) is 1.81. The smallest absolute Gasteiger partial charge is 0.388 e. The standard InChI is InChI=1S/C7H2F7N3S/c8-5(9,6(10,11)7(12,13)14)3-2(1-15)4(16)18-17-3/h16H2. The third-order valence-corrected chi connectivity index (χ3v) is 2.55. The van der Waals surface area contributed by atoms with Crippen LogP contribution in [0.25, 0.3) is 0 Å². The first kappa shape index (κ1) is 14.5. The lowest BCUT2D eigenvalue weighted by molar-refractivity contribution is -0.360. The molecule has 0 aliphatic heterocycles. The number of nitrogen functional groups attached to an aromatic ring is 1. The Labute approximate surface area is 98.8 Å². The van der Waals surface area contributed by atoms with Crippen molar-refractivity contribution in [1.82, 2.24) is 4.37 Å². The van der Waals surface area contributed by atoms with Gasteiger partial charge in [-0.3, -0.25) is 0 Å². The molecule has 0 radical (unpaired) electrons. The number of nitrogens with two attached hydrogens (primary N) is 1. The molecule has 3 nitrogen and oxygen atoms in total. The van der Waals surface area contributed by atoms with Gasteiger partial charge in [-0.2, -0.15) is 40.4 Å². The Morgan fingerprint density at radius 3 is 2.00 bits per heavy atom. The van der Waals surface area contributed by atoms with Crippen LogP contribution in [0.2, 0.25) is 0 Å². The van der Waals surface area contributed by atoms with E-state index in [0.717, 1.165) is 6.07 Å². The monoisotopic (exact) mass is 293 g/mol. The van der Waals surface area contributed by atoms with E-state index in [4.69, 9.17) is 11.0 Å². The van der Waals surface area contributed by atoms with Crippen LogP contribution < -0.4 is 5.73 Å². The number of alkyl halides is 7. The minimum Gasteiger partial charge on any atom is -0.388 e. The SMILES string of the molecule is N#Cc1c(C(F)(F)C(F)(F)C(F)(F)F)nsc1N. The van der Waals surface area contributed by atoms with Crippen LogP contribution in [0.3, 0.4) is 0 Å². The maximum Gasteiger partial charge on any atom is 0.460 e. The zero-order valence-corrected chi connectivity index (χ0v) is 8.84. The Balaban J connectivity index is 3.43. The molecule has 0 unspecified atom stereocenters. The van der Waals surface area contributed by atoms with Crippen LogP contribution >= 0.6 is 11.5 Å². The van der Waals surface area contributed by atoms with E-state index in [1.807, 2.05) is 0 Å². The summed E-state index contributed by atoms with van der Waals surface area (Å²) in [5.74, 6) is -12.0. The lowest BCUT2D eigenvalue weighted by Gasteiger charge is -2.26. The first-order valence-electron chi connectivity index (χ1n) is 3.95. The van der Waals surface area contributed by atoms with E-state index in [9.17, 15) is 30.7 Å². The third kappa shape index (κ3) is 1.86. The molecule has 0 aliphatic carbocycles. The van der Waals surface area contributed by atoms with E-state index in [-0.39, 0.29) is 11.5 Å². The van der Waals surface area contributed by atoms with Gasteiger partial charge in [-0.15, -0.1) is 0 Å². The minimum absolute atomic E-state index is 0.0338. The number of rotatable bonds is 2. The van der Waals surface area contributed by atoms with Gasteiger partial charge in [-0.1, -0.05) is 0 Å². The lowest BCUT2D eigenvalue weighted by atomic mass is 10.0. The summed E-state index contributed by atoms with van der Waals surface area (Å²) in [6.07, 6.45) is -6.48. The number of aromatic nitrogens is 1. The highest BCUT2D eigenvalue weighted by molar-refractivity contribution is 7.10. The van der Waals surface area contributed by atoms with Crippen molar-refractivity contribution < 1.29 is 30.7 Å². The number of anilines is 1. The van der Waals surface area contributed by atoms with Gasteiger partial charge in [-0.05, 0) is 11.5 Å². The van der Waals surface area contributed by atoms with Crippen LogP contribution in [-0.4, -0.2) is 16.5 Å². The predicted octanol–water partition coefficient (Wildman–Crippen LogP) is 2.89. The molecular formula is C7H2F7N3S. The molecule has 0 amide bonds. The van der Waals surface area contributed by atoms with Crippen molar-refractivity contribution in [1.29, 1.82) is 5.26 Å². The maximum atomic E-state index is 13.2. The third-order valence-electron chi connectivity index (χ3n) is 1.88. The Bertz CT molecular complexity index is 498. The number of hydrogen-bond donors (Lipinski definition) is 1. The molecule has 0 aliphatic rings. The molecule has 0 saturated heterocycles. The Hall–Kier alpha value is -1.57. The van der Waals surface area contributed by atoms with E-state index in [1.165, 1.54) is 0 Å². The fourth-order valence-corrected chi connectivity index (χ4v) is 1.58. The summed E-state index contributed by atoms with van der Waals surface area (Å²) < 4.78 is 90.0. The molecule has 1 heterocycles. The molecule has 0 bridgehead atoms. The molecule has 0 fully saturated rings. The average molecular weight is 293 g/mol. The summed E-state index contributed by atoms with van der Waals surface area (Å²) in [4.78, 5) is 0. The summed E-state index contributed by atoms with van der Waals surface area (Å²) in [5, 5.41) is 7.74. The van der Waals surface area contributed by atoms with Crippen LogP contribution in [0.4, 0.5) is 35.7 Å². The molecule has 0 aromatic carbocycles. The van der Waals surface area contributed by atoms with Crippen LogP contribution in [-0.2, 0) is 5.92 Å². The zero-order chi connectivity index (χ0) is 14.4. The van der Waals surface area contributed by atoms with Crippen molar-refractivity contribution in [3.05, 3.63) is 11.3 Å². The fraction of sp³-hybridized carbons (Fsp3) is 0.429. The minimum atomic E-state index is -6.48. The van der Waals surface area contributed by atoms with Crippen LogP contribution in [0.1, 0.15) is 11.3 Å². The lowest BCUT2D eigenvalue weighted by Crippen LogP contribution is -2.50. The first-order chi connectivity index (χ1) is 7.96. The molecule has 0 saturated carbocycles. The molecule has 11 heteroatoms. The second-order valence-corrected chi connectivity index (χ2v) is 3.83. The van der Waals surface area contributed by atoms with Crippen molar-refractivity contribution in [2.75, 3.05) is 5.73 Å². The summed E-state index contributed by atoms with van der Waals surface area (Å²) >= 11 is 0.0338. The van der Waals surface area contributed by atoms with E-state index >= 15 is 0 Å². The average Bonchev–Trinajstić information content (AvgIpc) is 2.57. The number of halogens is 7. The van der Waals surface area contributed by atoms with Gasteiger partial charge in [-0.25, -0.2) is 0 Å². The zero-order valence-electron chi connectivity index (χ0n) is 8.03. The van der Waals surface area contributed by atoms with Crippen molar-refractivity contribution >= 4 is 16.5 Å². The van der Waals surface area contributed by atoms with Gasteiger partial charge in [0.15, 0.2) is 0 Å². The van der Waals surface area contributed by atoms with Gasteiger partial charge < -0.3 is 5.73 Å². The summed E-state index contributed by atoms with van der Waals surface area (Å²) in [6.45, 7) is 0. The van der Waals surface area contributed by atoms with Crippen molar-refractivity contribution in [2.45, 2.75) is 18.0 Å². The van der Waals surface area contributed by atoms with Gasteiger partial charge >= 0.3 is 18.0 Å². The Kier molecular flexibility index (Phi) is 3.20. The van der Waals surface area contributed by atoms with Gasteiger partial charge in [0.25, 0.3) is 0 Å². The van der Waals surface area contributed by atoms with E-state index in [0.29, 0.717) is 0 Å². The normalized spacial score (nSPS) is 13.4. The van der Waals surface area contributed by atoms with Gasteiger partial charge in [0.05, 0.1) is 0 Å². The highest BCUT2D eigenvalue weighted by Crippen LogP contribution is 2.52.